The van der Waals surface area contributed by atoms with Crippen LogP contribution in [0.15, 0.2) is 0 Å². The van der Waals surface area contributed by atoms with E-state index in [0.717, 1.165) is 25.7 Å². The maximum atomic E-state index is 11.5. The molecule has 84 valence electrons. The Morgan fingerprint density at radius 3 is 2.71 bits per heavy atom. The maximum Gasteiger partial charge on any atom is 0.248 e. The van der Waals surface area contributed by atoms with E-state index in [2.05, 4.69) is 10.3 Å². The lowest BCUT2D eigenvalue weighted by Crippen LogP contribution is -2.52. The fourth-order valence-electron chi connectivity index (χ4n) is 1.96. The highest BCUT2D eigenvalue weighted by molar-refractivity contribution is 5.85. The van der Waals surface area contributed by atoms with Crippen molar-refractivity contribution in [1.29, 1.82) is 0 Å². The zero-order valence-electron chi connectivity index (χ0n) is 8.71. The Hall–Kier alpha value is -0.320. The zero-order chi connectivity index (χ0) is 9.90. The second-order valence-electron chi connectivity index (χ2n) is 3.97. The fourth-order valence-corrected chi connectivity index (χ4v) is 1.96. The third kappa shape index (κ3) is 3.12. The second-order valence-corrected chi connectivity index (χ2v) is 3.97. The van der Waals surface area contributed by atoms with Gasteiger partial charge in [0.15, 0.2) is 0 Å². The molecule has 1 saturated carbocycles. The van der Waals surface area contributed by atoms with Crippen LogP contribution in [-0.4, -0.2) is 18.6 Å². The summed E-state index contributed by atoms with van der Waals surface area (Å²) in [6.07, 6.45) is 3.97. The molecule has 0 aliphatic heterocycles. The van der Waals surface area contributed by atoms with Crippen molar-refractivity contribution in [3.05, 3.63) is 0 Å². The molecule has 5 heteroatoms. The monoisotopic (exact) mass is 222 g/mol. The molecule has 3 N–H and O–H groups in total. The number of carbonyl (C=O) groups excluding carboxylic acids is 1. The highest BCUT2D eigenvalue weighted by Crippen LogP contribution is 2.31. The molecule has 0 saturated heterocycles. The van der Waals surface area contributed by atoms with Gasteiger partial charge in [0.2, 0.25) is 5.91 Å². The number of halogens is 1. The van der Waals surface area contributed by atoms with Crippen molar-refractivity contribution in [3.63, 3.8) is 0 Å². The lowest BCUT2D eigenvalue weighted by atomic mass is 9.74. The minimum Gasteiger partial charge on any atom is -0.325 e. The molecule has 1 aliphatic carbocycles. The maximum absolute atomic E-state index is 11.5. The molecule has 2 unspecified atom stereocenters. The van der Waals surface area contributed by atoms with Crippen LogP contribution in [0, 0.1) is 5.92 Å². The molecule has 1 fully saturated rings. The first-order valence-electron chi connectivity index (χ1n) is 4.69. The third-order valence-corrected chi connectivity index (χ3v) is 2.77. The first kappa shape index (κ1) is 13.7. The number of hydrogen-bond acceptors (Lipinski definition) is 3. The Labute approximate surface area is 90.9 Å². The van der Waals surface area contributed by atoms with Crippen LogP contribution >= 0.6 is 12.4 Å². The number of amides is 1. The summed E-state index contributed by atoms with van der Waals surface area (Å²) in [5.41, 5.74) is 8.01. The third-order valence-electron chi connectivity index (χ3n) is 2.77. The number of nitrogens with one attached hydrogen (secondary N) is 1. The Morgan fingerprint density at radius 2 is 2.21 bits per heavy atom. The molecule has 0 aromatic carbocycles. The minimum atomic E-state index is -0.374. The van der Waals surface area contributed by atoms with Crippen LogP contribution in [0.5, 0.6) is 0 Å². The number of nitrogens with two attached hydrogens (primary N) is 1. The summed E-state index contributed by atoms with van der Waals surface area (Å²) in [4.78, 5) is 16.1. The molecule has 0 bridgehead atoms. The number of rotatable bonds is 2. The van der Waals surface area contributed by atoms with E-state index >= 15 is 0 Å². The Morgan fingerprint density at radius 1 is 1.57 bits per heavy atom. The van der Waals surface area contributed by atoms with Gasteiger partial charge in [0.1, 0.15) is 0 Å². The number of hydrogen-bond donors (Lipinski definition) is 2. The summed E-state index contributed by atoms with van der Waals surface area (Å²) in [5.74, 6) is -0.201. The Kier molecular flexibility index (Phi) is 5.41. The van der Waals surface area contributed by atoms with Gasteiger partial charge >= 0.3 is 0 Å². The quantitative estimate of drug-likeness (QED) is 0.685. The van der Waals surface area contributed by atoms with Gasteiger partial charge in [-0.2, -0.15) is 0 Å². The zero-order valence-corrected chi connectivity index (χ0v) is 9.52. The van der Waals surface area contributed by atoms with E-state index in [-0.39, 0.29) is 29.8 Å². The SMILES string of the molecule is CONC(=O)C1CCCCC1(C)N.Cl. The van der Waals surface area contributed by atoms with E-state index in [9.17, 15) is 4.79 Å². The standard InChI is InChI=1S/C9H18N2O2.ClH/c1-9(10)6-4-3-5-7(9)8(12)11-13-2;/h7H,3-6,10H2,1-2H3,(H,11,12);1H. The average molecular weight is 223 g/mol. The number of hydroxylamine groups is 1. The van der Waals surface area contributed by atoms with E-state index in [4.69, 9.17) is 5.73 Å². The van der Waals surface area contributed by atoms with Gasteiger partial charge < -0.3 is 5.73 Å². The molecule has 1 amide bonds. The van der Waals surface area contributed by atoms with E-state index in [1.54, 1.807) is 0 Å². The molecular weight excluding hydrogens is 204 g/mol. The summed E-state index contributed by atoms with van der Waals surface area (Å²) in [5, 5.41) is 0. The van der Waals surface area contributed by atoms with Crippen LogP contribution < -0.4 is 11.2 Å². The van der Waals surface area contributed by atoms with Crippen molar-refractivity contribution in [1.82, 2.24) is 5.48 Å². The van der Waals surface area contributed by atoms with Gasteiger partial charge in [-0.3, -0.25) is 9.63 Å². The molecule has 1 rings (SSSR count). The first-order chi connectivity index (χ1) is 6.08. The van der Waals surface area contributed by atoms with Crippen molar-refractivity contribution < 1.29 is 9.63 Å². The van der Waals surface area contributed by atoms with Crippen LogP contribution in [0.3, 0.4) is 0 Å². The van der Waals surface area contributed by atoms with Crippen LogP contribution in [-0.2, 0) is 9.63 Å². The van der Waals surface area contributed by atoms with Gasteiger partial charge in [0, 0.05) is 5.54 Å². The lowest BCUT2D eigenvalue weighted by molar-refractivity contribution is -0.138. The predicted molar refractivity (Wildman–Crippen MR) is 57.0 cm³/mol. The highest BCUT2D eigenvalue weighted by Gasteiger charge is 2.37. The highest BCUT2D eigenvalue weighted by atomic mass is 35.5. The van der Waals surface area contributed by atoms with Crippen molar-refractivity contribution in [3.8, 4) is 0 Å². The average Bonchev–Trinajstić information content (AvgIpc) is 2.03. The van der Waals surface area contributed by atoms with E-state index in [1.807, 2.05) is 6.92 Å². The first-order valence-corrected chi connectivity index (χ1v) is 4.69. The second kappa shape index (κ2) is 5.53. The summed E-state index contributed by atoms with van der Waals surface area (Å²) in [6, 6.07) is 0. The summed E-state index contributed by atoms with van der Waals surface area (Å²) >= 11 is 0. The topological polar surface area (TPSA) is 64.3 Å². The predicted octanol–water partition coefficient (Wildman–Crippen LogP) is 0.993. The molecular formula is C9H19ClN2O2. The van der Waals surface area contributed by atoms with Gasteiger partial charge in [0.05, 0.1) is 13.0 Å². The van der Waals surface area contributed by atoms with Gasteiger partial charge in [-0.05, 0) is 19.8 Å². The lowest BCUT2D eigenvalue weighted by Gasteiger charge is -2.36. The van der Waals surface area contributed by atoms with Gasteiger partial charge in [0.25, 0.3) is 0 Å². The van der Waals surface area contributed by atoms with E-state index in [1.165, 1.54) is 7.11 Å². The van der Waals surface area contributed by atoms with E-state index in [0.29, 0.717) is 0 Å². The summed E-state index contributed by atoms with van der Waals surface area (Å²) in [6.45, 7) is 1.94. The van der Waals surface area contributed by atoms with Crippen LogP contribution in [0.25, 0.3) is 0 Å². The molecule has 4 nitrogen and oxygen atoms in total. The normalized spacial score (nSPS) is 31.8. The molecule has 0 aromatic heterocycles. The molecule has 0 spiro atoms. The smallest absolute Gasteiger partial charge is 0.248 e. The number of carbonyl (C=O) groups is 1. The summed E-state index contributed by atoms with van der Waals surface area (Å²) in [7, 11) is 1.44. The van der Waals surface area contributed by atoms with Crippen molar-refractivity contribution >= 4 is 18.3 Å². The molecule has 0 heterocycles. The fraction of sp³-hybridized carbons (Fsp3) is 0.889. The van der Waals surface area contributed by atoms with Gasteiger partial charge in [-0.25, -0.2) is 5.48 Å². The van der Waals surface area contributed by atoms with Crippen LogP contribution in [0.1, 0.15) is 32.6 Å². The Bertz CT molecular complexity index is 197. The largest absolute Gasteiger partial charge is 0.325 e. The molecule has 0 aromatic rings. The molecule has 1 aliphatic rings. The van der Waals surface area contributed by atoms with Crippen LogP contribution in [0.2, 0.25) is 0 Å². The summed E-state index contributed by atoms with van der Waals surface area (Å²) < 4.78 is 0. The van der Waals surface area contributed by atoms with Crippen molar-refractivity contribution in [2.75, 3.05) is 7.11 Å². The van der Waals surface area contributed by atoms with Crippen molar-refractivity contribution in [2.24, 2.45) is 11.7 Å². The van der Waals surface area contributed by atoms with Crippen molar-refractivity contribution in [2.45, 2.75) is 38.1 Å². The van der Waals surface area contributed by atoms with E-state index < -0.39 is 0 Å². The van der Waals surface area contributed by atoms with Gasteiger partial charge in [-0.15, -0.1) is 12.4 Å². The molecule has 2 atom stereocenters. The Balaban J connectivity index is 0.00000169. The minimum absolute atomic E-state index is 0. The van der Waals surface area contributed by atoms with Gasteiger partial charge in [-0.1, -0.05) is 12.8 Å². The molecule has 14 heavy (non-hydrogen) atoms. The molecule has 0 radical (unpaired) electrons. The van der Waals surface area contributed by atoms with Crippen LogP contribution in [0.4, 0.5) is 0 Å².